The van der Waals surface area contributed by atoms with Crippen molar-refractivity contribution in [2.24, 2.45) is 5.92 Å². The highest BCUT2D eigenvalue weighted by atomic mass is 16.5. The van der Waals surface area contributed by atoms with E-state index in [-0.39, 0.29) is 0 Å². The molecule has 0 aliphatic carbocycles. The van der Waals surface area contributed by atoms with Crippen molar-refractivity contribution < 1.29 is 19.4 Å². The molecular formula is C21H34O4. The van der Waals surface area contributed by atoms with Crippen molar-refractivity contribution in [2.75, 3.05) is 19.8 Å². The number of aromatic carboxylic acids is 1. The molecule has 0 radical (unpaired) electrons. The summed E-state index contributed by atoms with van der Waals surface area (Å²) in [5.41, 5.74) is 1.45. The SMILES string of the molecule is CC.CCCCC(CCC)c1ccc(C(=O)O)cc1OCC1COC1. The smallest absolute Gasteiger partial charge is 0.335 e. The predicted octanol–water partition coefficient (Wildman–Crippen LogP) is 5.51. The first-order valence-electron chi connectivity index (χ1n) is 9.73. The minimum atomic E-state index is -0.908. The Morgan fingerprint density at radius 1 is 1.24 bits per heavy atom. The third-order valence-corrected chi connectivity index (χ3v) is 4.43. The highest BCUT2D eigenvalue weighted by molar-refractivity contribution is 5.88. The van der Waals surface area contributed by atoms with Gasteiger partial charge < -0.3 is 14.6 Å². The first kappa shape index (κ1) is 21.5. The van der Waals surface area contributed by atoms with E-state index in [1.165, 1.54) is 12.8 Å². The minimum absolute atomic E-state index is 0.291. The number of ether oxygens (including phenoxy) is 2. The molecule has 1 aromatic carbocycles. The van der Waals surface area contributed by atoms with Crippen molar-refractivity contribution in [2.45, 2.75) is 65.7 Å². The summed E-state index contributed by atoms with van der Waals surface area (Å²) in [6, 6.07) is 5.34. The summed E-state index contributed by atoms with van der Waals surface area (Å²) >= 11 is 0. The van der Waals surface area contributed by atoms with Gasteiger partial charge in [0.25, 0.3) is 0 Å². The van der Waals surface area contributed by atoms with Crippen LogP contribution in [0.5, 0.6) is 5.75 Å². The fourth-order valence-corrected chi connectivity index (χ4v) is 2.97. The summed E-state index contributed by atoms with van der Waals surface area (Å²) in [7, 11) is 0. The van der Waals surface area contributed by atoms with Crippen LogP contribution in [0.4, 0.5) is 0 Å². The van der Waals surface area contributed by atoms with Gasteiger partial charge in [-0.3, -0.25) is 0 Å². The summed E-state index contributed by atoms with van der Waals surface area (Å²) in [5.74, 6) is 0.701. The Balaban J connectivity index is 0.00000151. The van der Waals surface area contributed by atoms with Crippen LogP contribution < -0.4 is 4.74 Å². The van der Waals surface area contributed by atoms with Crippen molar-refractivity contribution in [3.63, 3.8) is 0 Å². The van der Waals surface area contributed by atoms with Crippen molar-refractivity contribution in [3.8, 4) is 5.75 Å². The Hall–Kier alpha value is -1.55. The zero-order valence-corrected chi connectivity index (χ0v) is 16.2. The molecule has 1 fully saturated rings. The average molecular weight is 350 g/mol. The Labute approximate surface area is 152 Å². The standard InChI is InChI=1S/C19H28O4.C2H6/c1-3-5-7-15(6-4-2)17-9-8-16(19(20)21)10-18(17)23-13-14-11-22-12-14;1-2/h8-10,14-15H,3-7,11-13H2,1-2H3,(H,20,21);1-2H3. The molecule has 1 saturated heterocycles. The van der Waals surface area contributed by atoms with E-state index in [9.17, 15) is 9.90 Å². The van der Waals surface area contributed by atoms with E-state index in [2.05, 4.69) is 13.8 Å². The molecule has 0 bridgehead atoms. The molecular weight excluding hydrogens is 316 g/mol. The third kappa shape index (κ3) is 6.69. The van der Waals surface area contributed by atoms with E-state index in [0.29, 0.717) is 24.0 Å². The van der Waals surface area contributed by atoms with E-state index < -0.39 is 5.97 Å². The molecule has 0 spiro atoms. The summed E-state index contributed by atoms with van der Waals surface area (Å²) < 4.78 is 11.2. The molecule has 1 heterocycles. The van der Waals surface area contributed by atoms with Crippen molar-refractivity contribution in [1.29, 1.82) is 0 Å². The predicted molar refractivity (Wildman–Crippen MR) is 102 cm³/mol. The zero-order chi connectivity index (χ0) is 18.7. The van der Waals surface area contributed by atoms with Crippen LogP contribution in [-0.4, -0.2) is 30.9 Å². The Kier molecular flexibility index (Phi) is 10.2. The molecule has 1 aliphatic rings. The number of unbranched alkanes of at least 4 members (excludes halogenated alkanes) is 1. The van der Waals surface area contributed by atoms with Crippen LogP contribution >= 0.6 is 0 Å². The molecule has 25 heavy (non-hydrogen) atoms. The number of rotatable bonds is 10. The number of hydrogen-bond acceptors (Lipinski definition) is 3. The molecule has 0 saturated carbocycles. The maximum atomic E-state index is 11.3. The van der Waals surface area contributed by atoms with Gasteiger partial charge in [-0.15, -0.1) is 0 Å². The molecule has 1 unspecified atom stereocenters. The van der Waals surface area contributed by atoms with Gasteiger partial charge >= 0.3 is 5.97 Å². The summed E-state index contributed by atoms with van der Waals surface area (Å²) in [6.07, 6.45) is 5.70. The van der Waals surface area contributed by atoms with Crippen LogP contribution in [0, 0.1) is 5.92 Å². The van der Waals surface area contributed by atoms with Gasteiger partial charge in [0.05, 0.1) is 25.4 Å². The zero-order valence-electron chi connectivity index (χ0n) is 16.2. The number of hydrogen-bond donors (Lipinski definition) is 1. The number of carboxylic acids is 1. The second-order valence-corrected chi connectivity index (χ2v) is 6.40. The molecule has 1 atom stereocenters. The van der Waals surface area contributed by atoms with Crippen LogP contribution in [0.25, 0.3) is 0 Å². The second kappa shape index (κ2) is 11.9. The lowest BCUT2D eigenvalue weighted by Crippen LogP contribution is -2.32. The van der Waals surface area contributed by atoms with Crippen LogP contribution in [0.2, 0.25) is 0 Å². The Morgan fingerprint density at radius 2 is 1.96 bits per heavy atom. The van der Waals surface area contributed by atoms with Crippen molar-refractivity contribution in [1.82, 2.24) is 0 Å². The van der Waals surface area contributed by atoms with Gasteiger partial charge in [-0.1, -0.05) is 53.0 Å². The second-order valence-electron chi connectivity index (χ2n) is 6.40. The van der Waals surface area contributed by atoms with E-state index >= 15 is 0 Å². The molecule has 1 aliphatic heterocycles. The largest absolute Gasteiger partial charge is 0.493 e. The lowest BCUT2D eigenvalue weighted by atomic mass is 9.88. The molecule has 1 N–H and O–H groups in total. The highest BCUT2D eigenvalue weighted by Gasteiger charge is 2.22. The minimum Gasteiger partial charge on any atom is -0.493 e. The van der Waals surface area contributed by atoms with Gasteiger partial charge in [-0.2, -0.15) is 0 Å². The molecule has 2 rings (SSSR count). The van der Waals surface area contributed by atoms with Gasteiger partial charge in [-0.05, 0) is 36.5 Å². The van der Waals surface area contributed by atoms with Crippen LogP contribution in [0.3, 0.4) is 0 Å². The summed E-state index contributed by atoms with van der Waals surface area (Å²) in [5, 5.41) is 9.24. The molecule has 4 heteroatoms. The first-order chi connectivity index (χ1) is 12.2. The maximum absolute atomic E-state index is 11.3. The Bertz CT molecular complexity index is 509. The average Bonchev–Trinajstić information content (AvgIpc) is 2.59. The quantitative estimate of drug-likeness (QED) is 0.604. The molecule has 1 aromatic rings. The molecule has 142 valence electrons. The normalized spacial score (nSPS) is 14.9. The summed E-state index contributed by atoms with van der Waals surface area (Å²) in [4.78, 5) is 11.3. The van der Waals surface area contributed by atoms with E-state index in [4.69, 9.17) is 9.47 Å². The number of carbonyl (C=O) groups is 1. The first-order valence-corrected chi connectivity index (χ1v) is 9.73. The van der Waals surface area contributed by atoms with E-state index in [0.717, 1.165) is 43.8 Å². The van der Waals surface area contributed by atoms with Gasteiger partial charge in [-0.25, -0.2) is 4.79 Å². The van der Waals surface area contributed by atoms with Crippen LogP contribution in [0.1, 0.15) is 81.6 Å². The molecule has 0 aromatic heterocycles. The fourth-order valence-electron chi connectivity index (χ4n) is 2.97. The van der Waals surface area contributed by atoms with Crippen LogP contribution in [-0.2, 0) is 4.74 Å². The molecule has 0 amide bonds. The molecule has 4 nitrogen and oxygen atoms in total. The van der Waals surface area contributed by atoms with Crippen molar-refractivity contribution in [3.05, 3.63) is 29.3 Å². The number of benzene rings is 1. The van der Waals surface area contributed by atoms with E-state index in [1.54, 1.807) is 12.1 Å². The monoisotopic (exact) mass is 350 g/mol. The van der Waals surface area contributed by atoms with Gasteiger partial charge in [0.1, 0.15) is 5.75 Å². The lowest BCUT2D eigenvalue weighted by molar-refractivity contribution is -0.0510. The van der Waals surface area contributed by atoms with Crippen LogP contribution in [0.15, 0.2) is 18.2 Å². The van der Waals surface area contributed by atoms with Gasteiger partial charge in [0.2, 0.25) is 0 Å². The van der Waals surface area contributed by atoms with Crippen molar-refractivity contribution >= 4 is 5.97 Å². The topological polar surface area (TPSA) is 55.8 Å². The van der Waals surface area contributed by atoms with E-state index in [1.807, 2.05) is 19.9 Å². The third-order valence-electron chi connectivity index (χ3n) is 4.43. The summed E-state index contributed by atoms with van der Waals surface area (Å²) in [6.45, 7) is 10.5. The number of carboxylic acid groups (broad SMARTS) is 1. The highest BCUT2D eigenvalue weighted by Crippen LogP contribution is 2.35. The van der Waals surface area contributed by atoms with Gasteiger partial charge in [0, 0.05) is 5.92 Å². The maximum Gasteiger partial charge on any atom is 0.335 e. The lowest BCUT2D eigenvalue weighted by Gasteiger charge is -2.27. The Morgan fingerprint density at radius 3 is 2.48 bits per heavy atom. The van der Waals surface area contributed by atoms with Gasteiger partial charge in [0.15, 0.2) is 0 Å². The fraction of sp³-hybridized carbons (Fsp3) is 0.667.